The molecule has 1 saturated heterocycles. The van der Waals surface area contributed by atoms with E-state index >= 15 is 0 Å². The van der Waals surface area contributed by atoms with Crippen LogP contribution in [0.3, 0.4) is 0 Å². The van der Waals surface area contributed by atoms with E-state index in [-0.39, 0.29) is 0 Å². The number of rotatable bonds is 9. The molecule has 27 heavy (non-hydrogen) atoms. The van der Waals surface area contributed by atoms with E-state index in [1.165, 1.54) is 24.1 Å². The Kier molecular flexibility index (Phi) is 11.2. The molecule has 0 aliphatic carbocycles. The van der Waals surface area contributed by atoms with Gasteiger partial charge in [0.25, 0.3) is 0 Å². The second-order valence-corrected chi connectivity index (χ2v) is 7.90. The van der Waals surface area contributed by atoms with E-state index in [1.807, 2.05) is 6.08 Å². The van der Waals surface area contributed by atoms with Crippen LogP contribution < -0.4 is 16.0 Å². The SMILES string of the molecule is C=C(/C=C\C(=C)S(C)=O)NCC#C/C=C/C(C)=C(/CC)NC1CCNCC1. The summed E-state index contributed by atoms with van der Waals surface area (Å²) in [6.45, 7) is 14.6. The van der Waals surface area contributed by atoms with Crippen LogP contribution in [0.15, 0.2) is 59.3 Å². The zero-order valence-electron chi connectivity index (χ0n) is 16.9. The van der Waals surface area contributed by atoms with Gasteiger partial charge in [-0.15, -0.1) is 0 Å². The maximum Gasteiger partial charge on any atom is 0.0769 e. The Hall–Kier alpha value is -2.03. The molecule has 0 saturated carbocycles. The van der Waals surface area contributed by atoms with Gasteiger partial charge >= 0.3 is 0 Å². The second-order valence-electron chi connectivity index (χ2n) is 6.47. The van der Waals surface area contributed by atoms with Gasteiger partial charge in [0, 0.05) is 39.4 Å². The van der Waals surface area contributed by atoms with Crippen LogP contribution in [-0.2, 0) is 10.8 Å². The van der Waals surface area contributed by atoms with Crippen molar-refractivity contribution in [3.8, 4) is 11.8 Å². The summed E-state index contributed by atoms with van der Waals surface area (Å²) in [6.07, 6.45) is 12.4. The summed E-state index contributed by atoms with van der Waals surface area (Å²) in [5.74, 6) is 6.09. The average Bonchev–Trinajstić information content (AvgIpc) is 2.67. The molecule has 1 heterocycles. The van der Waals surface area contributed by atoms with E-state index in [1.54, 1.807) is 18.4 Å². The van der Waals surface area contributed by atoms with E-state index in [4.69, 9.17) is 0 Å². The lowest BCUT2D eigenvalue weighted by Gasteiger charge is -2.26. The molecule has 0 aromatic rings. The number of hydrogen-bond acceptors (Lipinski definition) is 4. The molecule has 148 valence electrons. The number of piperidine rings is 1. The van der Waals surface area contributed by atoms with Gasteiger partial charge in [0.2, 0.25) is 0 Å². The highest BCUT2D eigenvalue weighted by atomic mass is 32.2. The van der Waals surface area contributed by atoms with E-state index in [2.05, 4.69) is 60.9 Å². The molecule has 4 nitrogen and oxygen atoms in total. The van der Waals surface area contributed by atoms with Gasteiger partial charge in [0.1, 0.15) is 0 Å². The molecule has 0 aromatic heterocycles. The van der Waals surface area contributed by atoms with Crippen LogP contribution in [0.5, 0.6) is 0 Å². The van der Waals surface area contributed by atoms with Crippen LogP contribution in [0.1, 0.15) is 33.1 Å². The maximum atomic E-state index is 11.2. The van der Waals surface area contributed by atoms with Gasteiger partial charge in [-0.3, -0.25) is 4.21 Å². The fourth-order valence-electron chi connectivity index (χ4n) is 2.59. The van der Waals surface area contributed by atoms with E-state index in [0.717, 1.165) is 25.2 Å². The Balaban J connectivity index is 2.44. The predicted octanol–water partition coefficient (Wildman–Crippen LogP) is 3.12. The van der Waals surface area contributed by atoms with E-state index in [9.17, 15) is 4.21 Å². The summed E-state index contributed by atoms with van der Waals surface area (Å²) < 4.78 is 11.2. The van der Waals surface area contributed by atoms with Gasteiger partial charge in [-0.05, 0) is 69.2 Å². The first kappa shape index (κ1) is 23.0. The van der Waals surface area contributed by atoms with Gasteiger partial charge in [-0.1, -0.05) is 31.9 Å². The van der Waals surface area contributed by atoms with Crippen molar-refractivity contribution in [2.75, 3.05) is 25.9 Å². The lowest BCUT2D eigenvalue weighted by Crippen LogP contribution is -2.39. The number of hydrogen-bond donors (Lipinski definition) is 3. The van der Waals surface area contributed by atoms with E-state index < -0.39 is 10.8 Å². The standard InChI is InChI=1S/C22H33N3OS/c1-6-22(25-21-13-16-23-17-14-21)18(2)10-8-7-9-15-24-19(3)11-12-20(4)27(5)26/h8,10-12,21,23-25H,3-4,6,13-17H2,1-2,5H3/b10-8+,12-11-,22-18-. The summed E-state index contributed by atoms with van der Waals surface area (Å²) >= 11 is 0. The first-order chi connectivity index (χ1) is 12.9. The second kappa shape index (κ2) is 13.2. The first-order valence-corrected chi connectivity index (χ1v) is 10.9. The Morgan fingerprint density at radius 3 is 2.59 bits per heavy atom. The van der Waals surface area contributed by atoms with Crippen molar-refractivity contribution in [1.82, 2.24) is 16.0 Å². The molecular weight excluding hydrogens is 354 g/mol. The summed E-state index contributed by atoms with van der Waals surface area (Å²) in [5, 5.41) is 10.2. The minimum Gasteiger partial charge on any atom is -0.385 e. The third-order valence-corrected chi connectivity index (χ3v) is 5.18. The topological polar surface area (TPSA) is 53.2 Å². The molecule has 3 N–H and O–H groups in total. The monoisotopic (exact) mass is 387 g/mol. The van der Waals surface area contributed by atoms with Crippen molar-refractivity contribution in [3.05, 3.63) is 59.3 Å². The van der Waals surface area contributed by atoms with E-state index in [0.29, 0.717) is 17.5 Å². The maximum absolute atomic E-state index is 11.2. The molecule has 1 aliphatic heterocycles. The summed E-state index contributed by atoms with van der Waals surface area (Å²) in [5.41, 5.74) is 3.25. The highest BCUT2D eigenvalue weighted by molar-refractivity contribution is 7.88. The van der Waals surface area contributed by atoms with Crippen LogP contribution in [0, 0.1) is 11.8 Å². The molecule has 5 heteroatoms. The Morgan fingerprint density at radius 1 is 1.26 bits per heavy atom. The molecule has 0 aromatic carbocycles. The predicted molar refractivity (Wildman–Crippen MR) is 118 cm³/mol. The lowest BCUT2D eigenvalue weighted by molar-refractivity contribution is 0.408. The van der Waals surface area contributed by atoms with Gasteiger partial charge in [-0.25, -0.2) is 0 Å². The summed E-state index contributed by atoms with van der Waals surface area (Å²) in [6, 6.07) is 0.570. The van der Waals surface area contributed by atoms with Crippen molar-refractivity contribution < 1.29 is 4.21 Å². The van der Waals surface area contributed by atoms with Crippen LogP contribution in [0.2, 0.25) is 0 Å². The van der Waals surface area contributed by atoms with Gasteiger partial charge in [-0.2, -0.15) is 0 Å². The van der Waals surface area contributed by atoms with Gasteiger partial charge < -0.3 is 16.0 Å². The fraction of sp³-hybridized carbons (Fsp3) is 0.455. The first-order valence-electron chi connectivity index (χ1n) is 9.39. The average molecular weight is 388 g/mol. The zero-order valence-corrected chi connectivity index (χ0v) is 17.7. The third kappa shape index (κ3) is 10.0. The molecule has 1 aliphatic rings. The van der Waals surface area contributed by atoms with Gasteiger partial charge in [0.15, 0.2) is 0 Å². The van der Waals surface area contributed by atoms with Crippen molar-refractivity contribution in [1.29, 1.82) is 0 Å². The van der Waals surface area contributed by atoms with Crippen molar-refractivity contribution in [2.24, 2.45) is 0 Å². The third-order valence-electron chi connectivity index (χ3n) is 4.31. The molecule has 0 amide bonds. The minimum atomic E-state index is -1.05. The molecule has 0 radical (unpaired) electrons. The Morgan fingerprint density at radius 2 is 1.96 bits per heavy atom. The number of nitrogens with one attached hydrogen (secondary N) is 3. The lowest BCUT2D eigenvalue weighted by atomic mass is 10.0. The molecule has 1 fully saturated rings. The quantitative estimate of drug-likeness (QED) is 0.420. The van der Waals surface area contributed by atoms with Crippen LogP contribution in [0.4, 0.5) is 0 Å². The summed E-state index contributed by atoms with van der Waals surface area (Å²) in [4.78, 5) is 0.569. The molecule has 0 bridgehead atoms. The van der Waals surface area contributed by atoms with Gasteiger partial charge in [0.05, 0.1) is 6.54 Å². The fourth-order valence-corrected chi connectivity index (χ4v) is 2.85. The van der Waals surface area contributed by atoms with Crippen molar-refractivity contribution in [2.45, 2.75) is 39.2 Å². The molecule has 1 atom stereocenters. The minimum absolute atomic E-state index is 0.506. The van der Waals surface area contributed by atoms with Crippen molar-refractivity contribution in [3.63, 3.8) is 0 Å². The Bertz CT molecular complexity index is 686. The van der Waals surface area contributed by atoms with Crippen LogP contribution in [-0.4, -0.2) is 36.1 Å². The Labute approximate surface area is 167 Å². The van der Waals surface area contributed by atoms with Crippen LogP contribution in [0.25, 0.3) is 0 Å². The highest BCUT2D eigenvalue weighted by Gasteiger charge is 2.13. The molecular formula is C22H33N3OS. The number of allylic oxidation sites excluding steroid dienone is 6. The van der Waals surface area contributed by atoms with Crippen molar-refractivity contribution >= 4 is 10.8 Å². The molecule has 0 spiro atoms. The smallest absolute Gasteiger partial charge is 0.0769 e. The molecule has 1 rings (SSSR count). The summed E-state index contributed by atoms with van der Waals surface area (Å²) in [7, 11) is -1.05. The molecule has 1 unspecified atom stereocenters. The van der Waals surface area contributed by atoms with Crippen LogP contribution >= 0.6 is 0 Å². The highest BCUT2D eigenvalue weighted by Crippen LogP contribution is 2.11. The zero-order chi connectivity index (χ0) is 20.1. The largest absolute Gasteiger partial charge is 0.385 e. The normalized spacial score (nSPS) is 17.1.